The van der Waals surface area contributed by atoms with Crippen LogP contribution in [-0.2, 0) is 17.6 Å². The number of benzene rings is 2. The van der Waals surface area contributed by atoms with E-state index in [1.807, 2.05) is 12.1 Å². The molecule has 0 saturated carbocycles. The van der Waals surface area contributed by atoms with E-state index < -0.39 is 12.2 Å². The smallest absolute Gasteiger partial charge is 0.0851 e. The molecular formula is C36H58O5. The maximum atomic E-state index is 9.94. The van der Waals surface area contributed by atoms with Gasteiger partial charge in [-0.05, 0) is 47.9 Å². The molecule has 0 aliphatic carbocycles. The van der Waals surface area contributed by atoms with E-state index in [0.717, 1.165) is 18.4 Å². The highest BCUT2D eigenvalue weighted by molar-refractivity contribution is 5.25. The third-order valence-electron chi connectivity index (χ3n) is 8.04. The van der Waals surface area contributed by atoms with Crippen LogP contribution in [0.3, 0.4) is 0 Å². The molecule has 1 fully saturated rings. The summed E-state index contributed by atoms with van der Waals surface area (Å²) in [4.78, 5) is 0. The summed E-state index contributed by atoms with van der Waals surface area (Å²) >= 11 is 0. The molecular weight excluding hydrogens is 512 g/mol. The first kappa shape index (κ1) is 35.4. The molecule has 0 spiro atoms. The van der Waals surface area contributed by atoms with E-state index in [2.05, 4.69) is 50.2 Å². The van der Waals surface area contributed by atoms with Gasteiger partial charge in [0, 0.05) is 12.8 Å². The molecule has 1 heterocycles. The fourth-order valence-electron chi connectivity index (χ4n) is 5.34. The van der Waals surface area contributed by atoms with Crippen LogP contribution in [0.25, 0.3) is 0 Å². The van der Waals surface area contributed by atoms with Gasteiger partial charge in [-0.2, -0.15) is 0 Å². The maximum absolute atomic E-state index is 9.94. The lowest BCUT2D eigenvalue weighted by Gasteiger charge is -2.14. The zero-order chi connectivity index (χ0) is 29.7. The number of hydrogen-bond acceptors (Lipinski definition) is 5. The molecule has 0 radical (unpaired) electrons. The minimum atomic E-state index is -0.859. The van der Waals surface area contributed by atoms with E-state index >= 15 is 0 Å². The van der Waals surface area contributed by atoms with Gasteiger partial charge in [0.15, 0.2) is 0 Å². The van der Waals surface area contributed by atoms with Crippen molar-refractivity contribution in [2.75, 3.05) is 13.2 Å². The fourth-order valence-corrected chi connectivity index (χ4v) is 5.34. The molecule has 4 N–H and O–H groups in total. The maximum Gasteiger partial charge on any atom is 0.0851 e. The fraction of sp³-hybridized carbons (Fsp3) is 0.667. The lowest BCUT2D eigenvalue weighted by molar-refractivity contribution is 0.0413. The average molecular weight is 571 g/mol. The van der Waals surface area contributed by atoms with Crippen LogP contribution in [0.5, 0.6) is 0 Å². The molecule has 41 heavy (non-hydrogen) atoms. The second kappa shape index (κ2) is 21.9. The van der Waals surface area contributed by atoms with Crippen molar-refractivity contribution in [1.29, 1.82) is 0 Å². The highest BCUT2D eigenvalue weighted by Crippen LogP contribution is 2.29. The lowest BCUT2D eigenvalue weighted by Crippen LogP contribution is -2.16. The van der Waals surface area contributed by atoms with Crippen LogP contribution >= 0.6 is 0 Å². The Kier molecular flexibility index (Phi) is 18.9. The number of aryl methyl sites for hydroxylation is 2. The first-order chi connectivity index (χ1) is 20.0. The Morgan fingerprint density at radius 2 is 1.20 bits per heavy atom. The molecule has 1 saturated heterocycles. The van der Waals surface area contributed by atoms with Gasteiger partial charge in [-0.3, -0.25) is 0 Å². The van der Waals surface area contributed by atoms with Crippen molar-refractivity contribution in [3.63, 3.8) is 0 Å². The summed E-state index contributed by atoms with van der Waals surface area (Å²) < 4.78 is 5.58. The zero-order valence-electron chi connectivity index (χ0n) is 25.9. The van der Waals surface area contributed by atoms with Gasteiger partial charge in [0.05, 0.1) is 37.6 Å². The van der Waals surface area contributed by atoms with Gasteiger partial charge in [-0.15, -0.1) is 0 Å². The summed E-state index contributed by atoms with van der Waals surface area (Å²) in [6, 6.07) is 16.7. The number of unbranched alkanes of at least 4 members (excludes halogenated alkanes) is 10. The van der Waals surface area contributed by atoms with E-state index in [-0.39, 0.29) is 25.2 Å². The topological polar surface area (TPSA) is 90.2 Å². The molecule has 2 aromatic rings. The second-order valence-electron chi connectivity index (χ2n) is 11.8. The standard InChI is InChI=1S/C18H30O3.C18H28O2/c1-2-3-4-5-6-7-8-15-9-11-16(12-10-15)18(21)13-17(20)14-19;1-2-3-4-5-6-7-8-15-9-11-16(12-10-15)18-13-17(19)14-20-18/h9-12,17-21H,2-8,13-14H2,1H3;9-12,17-19H,2-8,13-14H2,1H3. The molecule has 0 amide bonds. The molecule has 5 nitrogen and oxygen atoms in total. The van der Waals surface area contributed by atoms with Crippen LogP contribution in [0.15, 0.2) is 48.5 Å². The van der Waals surface area contributed by atoms with Gasteiger partial charge in [0.1, 0.15) is 0 Å². The van der Waals surface area contributed by atoms with E-state index in [9.17, 15) is 15.3 Å². The number of aliphatic hydroxyl groups excluding tert-OH is 4. The van der Waals surface area contributed by atoms with Crippen LogP contribution in [0.2, 0.25) is 0 Å². The Hall–Kier alpha value is -1.76. The van der Waals surface area contributed by atoms with E-state index in [1.54, 1.807) is 0 Å². The molecule has 2 aromatic carbocycles. The summed E-state index contributed by atoms with van der Waals surface area (Å²) in [6.07, 6.45) is 17.3. The SMILES string of the molecule is CCCCCCCCc1ccc(C(O)CC(O)CO)cc1.CCCCCCCCc1ccc(C2CC(O)CO2)cc1. The Labute approximate surface area is 250 Å². The molecule has 1 aliphatic rings. The lowest BCUT2D eigenvalue weighted by atomic mass is 10.00. The molecule has 5 heteroatoms. The first-order valence-electron chi connectivity index (χ1n) is 16.4. The predicted molar refractivity (Wildman–Crippen MR) is 169 cm³/mol. The van der Waals surface area contributed by atoms with Gasteiger partial charge >= 0.3 is 0 Å². The van der Waals surface area contributed by atoms with Crippen LogP contribution < -0.4 is 0 Å². The summed E-state index contributed by atoms with van der Waals surface area (Å²) in [5.41, 5.74) is 4.72. The van der Waals surface area contributed by atoms with E-state index in [1.165, 1.54) is 100 Å². The summed E-state index contributed by atoms with van der Waals surface area (Å²) in [6.45, 7) is 4.65. The Morgan fingerprint density at radius 1 is 0.707 bits per heavy atom. The summed E-state index contributed by atoms with van der Waals surface area (Å²) in [7, 11) is 0. The van der Waals surface area contributed by atoms with Crippen molar-refractivity contribution >= 4 is 0 Å². The zero-order valence-corrected chi connectivity index (χ0v) is 25.9. The molecule has 0 bridgehead atoms. The van der Waals surface area contributed by atoms with Gasteiger partial charge in [0.2, 0.25) is 0 Å². The summed E-state index contributed by atoms with van der Waals surface area (Å²) in [5.74, 6) is 0. The molecule has 4 unspecified atom stereocenters. The Balaban J connectivity index is 0.000000287. The minimum Gasteiger partial charge on any atom is -0.394 e. The van der Waals surface area contributed by atoms with Crippen molar-refractivity contribution in [2.45, 2.75) is 141 Å². The average Bonchev–Trinajstić information content (AvgIpc) is 3.43. The Bertz CT molecular complexity index is 882. The monoisotopic (exact) mass is 570 g/mol. The van der Waals surface area contributed by atoms with Gasteiger partial charge < -0.3 is 25.2 Å². The number of rotatable bonds is 19. The normalized spacial score (nSPS) is 18.1. The number of aliphatic hydroxyl groups is 4. The van der Waals surface area contributed by atoms with Gasteiger partial charge in [-0.1, -0.05) is 127 Å². The van der Waals surface area contributed by atoms with E-state index in [0.29, 0.717) is 6.61 Å². The van der Waals surface area contributed by atoms with Gasteiger partial charge in [-0.25, -0.2) is 0 Å². The van der Waals surface area contributed by atoms with Crippen molar-refractivity contribution in [2.24, 2.45) is 0 Å². The molecule has 1 aliphatic heterocycles. The minimum absolute atomic E-state index is 0.0908. The van der Waals surface area contributed by atoms with Crippen molar-refractivity contribution in [3.05, 3.63) is 70.8 Å². The van der Waals surface area contributed by atoms with Crippen LogP contribution in [-0.4, -0.2) is 45.8 Å². The summed E-state index contributed by atoms with van der Waals surface area (Å²) in [5, 5.41) is 37.6. The first-order valence-corrected chi connectivity index (χ1v) is 16.4. The second-order valence-corrected chi connectivity index (χ2v) is 11.8. The third kappa shape index (κ3) is 15.3. The number of hydrogen-bond donors (Lipinski definition) is 4. The van der Waals surface area contributed by atoms with Crippen molar-refractivity contribution < 1.29 is 25.2 Å². The number of ether oxygens (including phenoxy) is 1. The third-order valence-corrected chi connectivity index (χ3v) is 8.04. The Morgan fingerprint density at radius 3 is 1.66 bits per heavy atom. The van der Waals surface area contributed by atoms with Gasteiger partial charge in [0.25, 0.3) is 0 Å². The highest BCUT2D eigenvalue weighted by Gasteiger charge is 2.24. The van der Waals surface area contributed by atoms with Crippen molar-refractivity contribution in [3.8, 4) is 0 Å². The molecule has 0 aromatic heterocycles. The van der Waals surface area contributed by atoms with Crippen LogP contribution in [0.4, 0.5) is 0 Å². The molecule has 3 rings (SSSR count). The molecule has 232 valence electrons. The quantitative estimate of drug-likeness (QED) is 0.130. The van der Waals surface area contributed by atoms with Crippen LogP contribution in [0.1, 0.15) is 138 Å². The largest absolute Gasteiger partial charge is 0.394 e. The van der Waals surface area contributed by atoms with Crippen molar-refractivity contribution in [1.82, 2.24) is 0 Å². The molecule has 4 atom stereocenters. The predicted octanol–water partition coefficient (Wildman–Crippen LogP) is 7.78. The van der Waals surface area contributed by atoms with E-state index in [4.69, 9.17) is 9.84 Å². The van der Waals surface area contributed by atoms with Crippen LogP contribution in [0, 0.1) is 0 Å². The highest BCUT2D eigenvalue weighted by atomic mass is 16.5.